The van der Waals surface area contributed by atoms with E-state index in [0.717, 1.165) is 13.0 Å². The van der Waals surface area contributed by atoms with Gasteiger partial charge in [0.05, 0.1) is 0 Å². The SMILES string of the molecule is CC(C)C1(C)CCCC(=O)NC1. The first-order valence-electron chi connectivity index (χ1n) is 4.81. The number of carbonyl (C=O) groups is 1. The van der Waals surface area contributed by atoms with Crippen LogP contribution in [-0.2, 0) is 4.79 Å². The summed E-state index contributed by atoms with van der Waals surface area (Å²) in [5.74, 6) is 0.871. The summed E-state index contributed by atoms with van der Waals surface area (Å²) in [6, 6.07) is 0. The molecule has 1 rings (SSSR count). The fraction of sp³-hybridized carbons (Fsp3) is 0.900. The number of amides is 1. The largest absolute Gasteiger partial charge is 0.356 e. The fourth-order valence-corrected chi connectivity index (χ4v) is 1.62. The zero-order valence-corrected chi connectivity index (χ0v) is 8.31. The average Bonchev–Trinajstić information content (AvgIpc) is 2.15. The quantitative estimate of drug-likeness (QED) is 0.638. The summed E-state index contributed by atoms with van der Waals surface area (Å²) in [5, 5.41) is 2.98. The van der Waals surface area contributed by atoms with Crippen molar-refractivity contribution < 1.29 is 4.79 Å². The van der Waals surface area contributed by atoms with Crippen molar-refractivity contribution in [3.8, 4) is 0 Å². The van der Waals surface area contributed by atoms with Crippen LogP contribution in [0.15, 0.2) is 0 Å². The molecule has 1 aliphatic heterocycles. The Balaban J connectivity index is 2.61. The summed E-state index contributed by atoms with van der Waals surface area (Å²) in [6.45, 7) is 7.59. The molecule has 0 bridgehead atoms. The second kappa shape index (κ2) is 3.46. The Kier molecular flexibility index (Phi) is 2.76. The Hall–Kier alpha value is -0.530. The van der Waals surface area contributed by atoms with Crippen molar-refractivity contribution in [1.82, 2.24) is 5.32 Å². The molecule has 1 atom stereocenters. The van der Waals surface area contributed by atoms with Gasteiger partial charge < -0.3 is 5.32 Å². The van der Waals surface area contributed by atoms with Gasteiger partial charge >= 0.3 is 0 Å². The van der Waals surface area contributed by atoms with Gasteiger partial charge in [0.25, 0.3) is 0 Å². The Morgan fingerprint density at radius 3 is 2.75 bits per heavy atom. The number of hydrogen-bond acceptors (Lipinski definition) is 1. The van der Waals surface area contributed by atoms with Gasteiger partial charge in [0, 0.05) is 13.0 Å². The van der Waals surface area contributed by atoms with Gasteiger partial charge in [-0.05, 0) is 24.2 Å². The monoisotopic (exact) mass is 169 g/mol. The number of rotatable bonds is 1. The molecule has 70 valence electrons. The highest BCUT2D eigenvalue weighted by atomic mass is 16.1. The lowest BCUT2D eigenvalue weighted by Gasteiger charge is -2.32. The van der Waals surface area contributed by atoms with Crippen LogP contribution in [0.2, 0.25) is 0 Å². The van der Waals surface area contributed by atoms with Crippen LogP contribution in [0.3, 0.4) is 0 Å². The lowest BCUT2D eigenvalue weighted by atomic mass is 9.76. The van der Waals surface area contributed by atoms with Crippen molar-refractivity contribution in [1.29, 1.82) is 0 Å². The van der Waals surface area contributed by atoms with Crippen LogP contribution >= 0.6 is 0 Å². The third-order valence-corrected chi connectivity index (χ3v) is 3.23. The first kappa shape index (κ1) is 9.56. The summed E-state index contributed by atoms with van der Waals surface area (Å²) < 4.78 is 0. The molecule has 0 spiro atoms. The normalized spacial score (nSPS) is 31.5. The van der Waals surface area contributed by atoms with Crippen LogP contribution in [0.4, 0.5) is 0 Å². The lowest BCUT2D eigenvalue weighted by Crippen LogP contribution is -2.36. The molecule has 1 N–H and O–H groups in total. The number of hydrogen-bond donors (Lipinski definition) is 1. The molecule has 12 heavy (non-hydrogen) atoms. The van der Waals surface area contributed by atoms with Crippen molar-refractivity contribution in [3.63, 3.8) is 0 Å². The number of carbonyl (C=O) groups excluding carboxylic acids is 1. The van der Waals surface area contributed by atoms with Crippen molar-refractivity contribution >= 4 is 5.91 Å². The summed E-state index contributed by atoms with van der Waals surface area (Å²) in [5.41, 5.74) is 0.312. The Morgan fingerprint density at radius 1 is 1.50 bits per heavy atom. The molecule has 0 aromatic heterocycles. The third-order valence-electron chi connectivity index (χ3n) is 3.23. The maximum atomic E-state index is 11.1. The topological polar surface area (TPSA) is 29.1 Å². The standard InChI is InChI=1S/C10H19NO/c1-8(2)10(3)6-4-5-9(12)11-7-10/h8H,4-7H2,1-3H3,(H,11,12). The maximum absolute atomic E-state index is 11.1. The van der Waals surface area contributed by atoms with Crippen LogP contribution in [0.25, 0.3) is 0 Å². The van der Waals surface area contributed by atoms with Gasteiger partial charge in [-0.3, -0.25) is 4.79 Å². The minimum absolute atomic E-state index is 0.222. The van der Waals surface area contributed by atoms with E-state index in [0.29, 0.717) is 17.8 Å². The molecule has 1 heterocycles. The minimum Gasteiger partial charge on any atom is -0.356 e. The van der Waals surface area contributed by atoms with Gasteiger partial charge in [0.15, 0.2) is 0 Å². The second-order valence-corrected chi connectivity index (χ2v) is 4.44. The van der Waals surface area contributed by atoms with E-state index in [4.69, 9.17) is 0 Å². The molecule has 0 saturated carbocycles. The van der Waals surface area contributed by atoms with Gasteiger partial charge in [-0.1, -0.05) is 20.8 Å². The zero-order chi connectivity index (χ0) is 9.19. The van der Waals surface area contributed by atoms with Crippen LogP contribution < -0.4 is 5.32 Å². The average molecular weight is 169 g/mol. The molecule has 1 saturated heterocycles. The first-order valence-corrected chi connectivity index (χ1v) is 4.81. The van der Waals surface area contributed by atoms with Crippen molar-refractivity contribution in [2.45, 2.75) is 40.0 Å². The van der Waals surface area contributed by atoms with Gasteiger partial charge in [0.1, 0.15) is 0 Å². The predicted octanol–water partition coefficient (Wildman–Crippen LogP) is 1.95. The molecule has 1 aliphatic rings. The van der Waals surface area contributed by atoms with Crippen molar-refractivity contribution in [3.05, 3.63) is 0 Å². The molecule has 1 unspecified atom stereocenters. The highest BCUT2D eigenvalue weighted by Crippen LogP contribution is 2.33. The van der Waals surface area contributed by atoms with Gasteiger partial charge in [-0.25, -0.2) is 0 Å². The van der Waals surface area contributed by atoms with Crippen LogP contribution in [0.1, 0.15) is 40.0 Å². The van der Waals surface area contributed by atoms with E-state index < -0.39 is 0 Å². The molecule has 2 nitrogen and oxygen atoms in total. The Labute approximate surface area is 74.7 Å². The van der Waals surface area contributed by atoms with E-state index >= 15 is 0 Å². The molecule has 1 fully saturated rings. The summed E-state index contributed by atoms with van der Waals surface area (Å²) >= 11 is 0. The minimum atomic E-state index is 0.222. The smallest absolute Gasteiger partial charge is 0.220 e. The zero-order valence-electron chi connectivity index (χ0n) is 8.31. The predicted molar refractivity (Wildman–Crippen MR) is 49.8 cm³/mol. The molecular formula is C10H19NO. The van der Waals surface area contributed by atoms with E-state index in [1.54, 1.807) is 0 Å². The van der Waals surface area contributed by atoms with Crippen molar-refractivity contribution in [2.24, 2.45) is 11.3 Å². The molecule has 2 heteroatoms. The van der Waals surface area contributed by atoms with Crippen LogP contribution in [0.5, 0.6) is 0 Å². The summed E-state index contributed by atoms with van der Waals surface area (Å²) in [6.07, 6.45) is 2.92. The second-order valence-electron chi connectivity index (χ2n) is 4.44. The first-order chi connectivity index (χ1) is 5.54. The van der Waals surface area contributed by atoms with Gasteiger partial charge in [-0.15, -0.1) is 0 Å². The van der Waals surface area contributed by atoms with Crippen molar-refractivity contribution in [2.75, 3.05) is 6.54 Å². The third kappa shape index (κ3) is 1.99. The Morgan fingerprint density at radius 2 is 2.17 bits per heavy atom. The van der Waals surface area contributed by atoms with Gasteiger partial charge in [-0.2, -0.15) is 0 Å². The summed E-state index contributed by atoms with van der Waals surface area (Å²) in [4.78, 5) is 11.1. The summed E-state index contributed by atoms with van der Waals surface area (Å²) in [7, 11) is 0. The lowest BCUT2D eigenvalue weighted by molar-refractivity contribution is -0.121. The van der Waals surface area contributed by atoms with Gasteiger partial charge in [0.2, 0.25) is 5.91 Å². The highest BCUT2D eigenvalue weighted by molar-refractivity contribution is 5.76. The van der Waals surface area contributed by atoms with E-state index in [1.807, 2.05) is 0 Å². The molecular weight excluding hydrogens is 150 g/mol. The van der Waals surface area contributed by atoms with Crippen LogP contribution in [0, 0.1) is 11.3 Å². The molecule has 0 aromatic carbocycles. The molecule has 0 aliphatic carbocycles. The molecule has 1 amide bonds. The highest BCUT2D eigenvalue weighted by Gasteiger charge is 2.30. The van der Waals surface area contributed by atoms with E-state index in [2.05, 4.69) is 26.1 Å². The van der Waals surface area contributed by atoms with E-state index in [1.165, 1.54) is 6.42 Å². The maximum Gasteiger partial charge on any atom is 0.220 e. The van der Waals surface area contributed by atoms with Crippen LogP contribution in [-0.4, -0.2) is 12.5 Å². The molecule has 0 radical (unpaired) electrons. The van der Waals surface area contributed by atoms with E-state index in [9.17, 15) is 4.79 Å². The number of nitrogens with one attached hydrogen (secondary N) is 1. The van der Waals surface area contributed by atoms with E-state index in [-0.39, 0.29) is 5.91 Å². The molecule has 0 aromatic rings. The fourth-order valence-electron chi connectivity index (χ4n) is 1.62. The Bertz CT molecular complexity index is 177.